The second-order valence-electron chi connectivity index (χ2n) is 18.6. The van der Waals surface area contributed by atoms with Crippen LogP contribution in [0, 0.1) is 0 Å². The number of rotatable bonds is 50. The minimum absolute atomic E-state index is 0.0670. The van der Waals surface area contributed by atoms with Crippen LogP contribution in [0.15, 0.2) is 97.2 Å². The van der Waals surface area contributed by atoms with Crippen molar-refractivity contribution in [3.8, 4) is 0 Å². The van der Waals surface area contributed by atoms with Crippen molar-refractivity contribution in [2.24, 2.45) is 0 Å². The summed E-state index contributed by atoms with van der Waals surface area (Å²) in [6.07, 6.45) is 82.7. The van der Waals surface area contributed by atoms with Gasteiger partial charge in [-0.3, -0.25) is 4.79 Å². The Morgan fingerprint density at radius 3 is 1.02 bits per heavy atom. The van der Waals surface area contributed by atoms with E-state index >= 15 is 0 Å². The molecule has 0 aliphatic rings. The maximum absolute atomic E-state index is 12.5. The van der Waals surface area contributed by atoms with Crippen LogP contribution in [0.2, 0.25) is 0 Å². The van der Waals surface area contributed by atoms with Crippen molar-refractivity contribution in [2.45, 2.75) is 276 Å². The normalized spacial score (nSPS) is 13.6. The van der Waals surface area contributed by atoms with E-state index in [0.717, 1.165) is 70.6 Å². The molecule has 0 aliphatic heterocycles. The lowest BCUT2D eigenvalue weighted by Crippen LogP contribution is -2.45. The first-order chi connectivity index (χ1) is 32.2. The van der Waals surface area contributed by atoms with Crippen molar-refractivity contribution in [3.05, 3.63) is 97.2 Å². The van der Waals surface area contributed by atoms with Crippen molar-refractivity contribution in [1.82, 2.24) is 5.32 Å². The summed E-state index contributed by atoms with van der Waals surface area (Å²) in [5.41, 5.74) is 0. The lowest BCUT2D eigenvalue weighted by molar-refractivity contribution is -0.123. The molecule has 0 fully saturated rings. The van der Waals surface area contributed by atoms with Gasteiger partial charge in [-0.1, -0.05) is 278 Å². The molecule has 2 atom stereocenters. The number of allylic oxidation sites excluding steroid dienone is 15. The van der Waals surface area contributed by atoms with Crippen LogP contribution in [-0.2, 0) is 4.79 Å². The summed E-state index contributed by atoms with van der Waals surface area (Å²) in [7, 11) is 0. The van der Waals surface area contributed by atoms with Crippen molar-refractivity contribution in [1.29, 1.82) is 0 Å². The standard InChI is InChI=1S/C61H107NO3/c1-3-5-7-9-11-13-15-17-19-21-23-24-25-26-27-28-29-30-31-32-33-34-35-36-37-38-39-41-43-45-47-49-51-53-55-57-61(65)62-59(58-63)60(64)56-54-52-50-48-46-44-42-40-22-20-18-16-14-12-10-8-6-4-2/h5,7,11,13,17,19,23-24,26-27,29-30,32-33,54,56,59-60,63-64H,3-4,6,8-10,12,14-16,18,20-22,25,28,31,34-53,55,57-58H2,1-2H3,(H,62,65)/b7-5-,13-11-,19-17-,24-23-,27-26-,30-29-,33-32-,56-54+. The zero-order chi connectivity index (χ0) is 47.0. The number of carbonyl (C=O) groups excluding carboxylic acids is 1. The molecule has 0 heterocycles. The molecule has 3 N–H and O–H groups in total. The Labute approximate surface area is 404 Å². The SMILES string of the molecule is CC/C=C\C/C=C\C/C=C\C/C=C\C/C=C\C/C=C\C/C=C\CCCCCCCCCCCCCCCC(=O)NC(CO)C(O)/C=C/CCCCCCCCCCCCCCCCCC. The van der Waals surface area contributed by atoms with Crippen molar-refractivity contribution in [3.63, 3.8) is 0 Å². The van der Waals surface area contributed by atoms with Gasteiger partial charge in [0.1, 0.15) is 0 Å². The number of hydrogen-bond acceptors (Lipinski definition) is 3. The van der Waals surface area contributed by atoms with Crippen LogP contribution < -0.4 is 5.32 Å². The van der Waals surface area contributed by atoms with Gasteiger partial charge in [0, 0.05) is 6.42 Å². The van der Waals surface area contributed by atoms with Crippen LogP contribution in [-0.4, -0.2) is 34.9 Å². The maximum Gasteiger partial charge on any atom is 0.220 e. The van der Waals surface area contributed by atoms with Gasteiger partial charge in [-0.2, -0.15) is 0 Å². The fraction of sp³-hybridized carbons (Fsp3) is 0.721. The minimum Gasteiger partial charge on any atom is -0.394 e. The van der Waals surface area contributed by atoms with Gasteiger partial charge in [0.25, 0.3) is 0 Å². The number of unbranched alkanes of at least 4 members (excludes halogenated alkanes) is 29. The van der Waals surface area contributed by atoms with E-state index in [-0.39, 0.29) is 12.5 Å². The average Bonchev–Trinajstić information content (AvgIpc) is 3.31. The summed E-state index contributed by atoms with van der Waals surface area (Å²) in [5, 5.41) is 23.2. The molecular weight excluding hydrogens is 795 g/mol. The van der Waals surface area contributed by atoms with Crippen molar-refractivity contribution >= 4 is 5.91 Å². The molecule has 0 aromatic rings. The largest absolute Gasteiger partial charge is 0.394 e. The van der Waals surface area contributed by atoms with Crippen LogP contribution in [0.25, 0.3) is 0 Å². The molecule has 0 saturated heterocycles. The van der Waals surface area contributed by atoms with E-state index < -0.39 is 12.1 Å². The van der Waals surface area contributed by atoms with Gasteiger partial charge in [-0.25, -0.2) is 0 Å². The molecule has 1 amide bonds. The number of aliphatic hydroxyl groups excluding tert-OH is 2. The number of aliphatic hydroxyl groups is 2. The number of hydrogen-bond donors (Lipinski definition) is 3. The molecule has 0 saturated carbocycles. The van der Waals surface area contributed by atoms with Gasteiger partial charge in [-0.15, -0.1) is 0 Å². The highest BCUT2D eigenvalue weighted by molar-refractivity contribution is 5.76. The van der Waals surface area contributed by atoms with Gasteiger partial charge >= 0.3 is 0 Å². The van der Waals surface area contributed by atoms with Gasteiger partial charge < -0.3 is 15.5 Å². The van der Waals surface area contributed by atoms with Gasteiger partial charge in [0.15, 0.2) is 0 Å². The summed E-state index contributed by atoms with van der Waals surface area (Å²) in [5.74, 6) is -0.0670. The molecule has 0 spiro atoms. The Balaban J connectivity index is 3.55. The molecule has 0 bridgehead atoms. The maximum atomic E-state index is 12.5. The molecule has 0 radical (unpaired) electrons. The summed E-state index contributed by atoms with van der Waals surface area (Å²) >= 11 is 0. The molecule has 2 unspecified atom stereocenters. The van der Waals surface area contributed by atoms with Gasteiger partial charge in [0.2, 0.25) is 5.91 Å². The molecule has 4 heteroatoms. The zero-order valence-electron chi connectivity index (χ0n) is 43.0. The van der Waals surface area contributed by atoms with Crippen LogP contribution in [0.5, 0.6) is 0 Å². The van der Waals surface area contributed by atoms with Crippen LogP contribution in [0.4, 0.5) is 0 Å². The molecule has 0 rings (SSSR count). The Kier molecular flexibility index (Phi) is 53.3. The second-order valence-corrected chi connectivity index (χ2v) is 18.6. The van der Waals surface area contributed by atoms with Crippen LogP contribution in [0.1, 0.15) is 264 Å². The number of amides is 1. The van der Waals surface area contributed by atoms with E-state index in [4.69, 9.17) is 0 Å². The molecule has 0 aromatic carbocycles. The Bertz CT molecular complexity index is 1210. The predicted octanol–water partition coefficient (Wildman–Crippen LogP) is 18.5. The summed E-state index contributed by atoms with van der Waals surface area (Å²) < 4.78 is 0. The predicted molar refractivity (Wildman–Crippen MR) is 290 cm³/mol. The lowest BCUT2D eigenvalue weighted by Gasteiger charge is -2.20. The smallest absolute Gasteiger partial charge is 0.220 e. The Morgan fingerprint density at radius 2 is 0.677 bits per heavy atom. The first kappa shape index (κ1) is 62.3. The molecule has 374 valence electrons. The first-order valence-corrected chi connectivity index (χ1v) is 28.0. The van der Waals surface area contributed by atoms with E-state index in [1.165, 1.54) is 173 Å². The van der Waals surface area contributed by atoms with Crippen LogP contribution >= 0.6 is 0 Å². The van der Waals surface area contributed by atoms with Gasteiger partial charge in [-0.05, 0) is 77.0 Å². The Hall–Kier alpha value is -2.69. The lowest BCUT2D eigenvalue weighted by atomic mass is 10.0. The summed E-state index contributed by atoms with van der Waals surface area (Å²) in [4.78, 5) is 12.5. The summed E-state index contributed by atoms with van der Waals surface area (Å²) in [6, 6.07) is -0.628. The topological polar surface area (TPSA) is 69.6 Å². The third-order valence-electron chi connectivity index (χ3n) is 12.3. The van der Waals surface area contributed by atoms with E-state index in [0.29, 0.717) is 6.42 Å². The fourth-order valence-corrected chi connectivity index (χ4v) is 8.10. The molecule has 65 heavy (non-hydrogen) atoms. The Morgan fingerprint density at radius 1 is 0.385 bits per heavy atom. The molecule has 4 nitrogen and oxygen atoms in total. The van der Waals surface area contributed by atoms with Crippen molar-refractivity contribution in [2.75, 3.05) is 6.61 Å². The minimum atomic E-state index is -0.844. The third-order valence-corrected chi connectivity index (χ3v) is 12.3. The number of nitrogens with one attached hydrogen (secondary N) is 1. The zero-order valence-corrected chi connectivity index (χ0v) is 43.0. The average molecular weight is 903 g/mol. The number of carbonyl (C=O) groups is 1. The quantitative estimate of drug-likeness (QED) is 0.0421. The van der Waals surface area contributed by atoms with E-state index in [9.17, 15) is 15.0 Å². The van der Waals surface area contributed by atoms with Crippen LogP contribution in [0.3, 0.4) is 0 Å². The third kappa shape index (κ3) is 52.1. The molecule has 0 aromatic heterocycles. The van der Waals surface area contributed by atoms with Gasteiger partial charge in [0.05, 0.1) is 18.8 Å². The van der Waals surface area contributed by atoms with E-state index in [1.807, 2.05) is 6.08 Å². The highest BCUT2D eigenvalue weighted by atomic mass is 16.3. The summed E-state index contributed by atoms with van der Waals surface area (Å²) in [6.45, 7) is 4.20. The van der Waals surface area contributed by atoms with E-state index in [2.05, 4.69) is 104 Å². The van der Waals surface area contributed by atoms with E-state index in [1.54, 1.807) is 6.08 Å². The molecular formula is C61H107NO3. The highest BCUT2D eigenvalue weighted by Gasteiger charge is 2.18. The van der Waals surface area contributed by atoms with Crippen molar-refractivity contribution < 1.29 is 15.0 Å². The monoisotopic (exact) mass is 902 g/mol. The molecule has 0 aliphatic carbocycles. The fourth-order valence-electron chi connectivity index (χ4n) is 8.10. The highest BCUT2D eigenvalue weighted by Crippen LogP contribution is 2.16. The second kappa shape index (κ2) is 55.6. The first-order valence-electron chi connectivity index (χ1n) is 28.0.